The van der Waals surface area contributed by atoms with Crippen LogP contribution < -0.4 is 9.80 Å². The van der Waals surface area contributed by atoms with Gasteiger partial charge in [0, 0.05) is 33.5 Å². The van der Waals surface area contributed by atoms with Crippen molar-refractivity contribution >= 4 is 88.0 Å². The van der Waals surface area contributed by atoms with Crippen LogP contribution >= 0.6 is 0 Å². The molecular formula is C62H44N2. The first-order chi connectivity index (χ1) is 31.6. The molecule has 0 aliphatic heterocycles. The van der Waals surface area contributed by atoms with E-state index in [2.05, 4.69) is 254 Å². The first kappa shape index (κ1) is 37.6. The molecule has 302 valence electrons. The normalized spacial score (nSPS) is 11.6. The highest BCUT2D eigenvalue weighted by atomic mass is 15.1. The number of nitrogens with zero attached hydrogens (tertiary/aromatic N) is 2. The van der Waals surface area contributed by atoms with E-state index in [0.29, 0.717) is 0 Å². The first-order valence-electron chi connectivity index (χ1n) is 22.2. The molecule has 0 unspecified atom stereocenters. The summed E-state index contributed by atoms with van der Waals surface area (Å²) >= 11 is 0. The summed E-state index contributed by atoms with van der Waals surface area (Å²) in [6.45, 7) is 4.31. The molecule has 0 saturated carbocycles. The van der Waals surface area contributed by atoms with Gasteiger partial charge in [0.15, 0.2) is 0 Å². The van der Waals surface area contributed by atoms with E-state index < -0.39 is 0 Å². The zero-order chi connectivity index (χ0) is 42.7. The van der Waals surface area contributed by atoms with Gasteiger partial charge in [-0.3, -0.25) is 0 Å². The van der Waals surface area contributed by atoms with E-state index in [4.69, 9.17) is 0 Å². The average molecular weight is 817 g/mol. The molecule has 64 heavy (non-hydrogen) atoms. The number of aryl methyl sites for hydroxylation is 2. The molecule has 0 aromatic heterocycles. The Labute approximate surface area is 373 Å². The Balaban J connectivity index is 1.02. The molecule has 0 radical (unpaired) electrons. The van der Waals surface area contributed by atoms with Gasteiger partial charge in [0.1, 0.15) is 0 Å². The van der Waals surface area contributed by atoms with Crippen molar-refractivity contribution in [2.45, 2.75) is 13.8 Å². The van der Waals surface area contributed by atoms with Crippen molar-refractivity contribution in [3.8, 4) is 22.3 Å². The van der Waals surface area contributed by atoms with E-state index in [1.807, 2.05) is 0 Å². The molecule has 0 fully saturated rings. The third-order valence-electron chi connectivity index (χ3n) is 13.1. The monoisotopic (exact) mass is 816 g/mol. The SMILES string of the molecule is Cc1ccc(N(c2ccc(-c3cccc4ccccc34)cc2)c2ccc3ccc4c(N(c5ccc(C)cc5)c5ccc(-c6cccc7ccccc67)cc5)ccc5ccc2c3c54)cc1. The lowest BCUT2D eigenvalue weighted by molar-refractivity contribution is 1.29. The van der Waals surface area contributed by atoms with Crippen molar-refractivity contribution < 1.29 is 0 Å². The van der Waals surface area contributed by atoms with Crippen LogP contribution in [0.4, 0.5) is 34.1 Å². The number of benzene rings is 12. The summed E-state index contributed by atoms with van der Waals surface area (Å²) in [6, 6.07) is 84.9. The molecule has 12 aromatic carbocycles. The lowest BCUT2D eigenvalue weighted by Crippen LogP contribution is -2.11. The van der Waals surface area contributed by atoms with Gasteiger partial charge in [0.25, 0.3) is 0 Å². The Morgan fingerprint density at radius 2 is 0.594 bits per heavy atom. The molecule has 12 aromatic rings. The number of hydrogen-bond donors (Lipinski definition) is 0. The number of anilines is 6. The Morgan fingerprint density at radius 3 is 1.00 bits per heavy atom. The van der Waals surface area contributed by atoms with Gasteiger partial charge in [-0.25, -0.2) is 0 Å². The Kier molecular flexibility index (Phi) is 8.98. The lowest BCUT2D eigenvalue weighted by Gasteiger charge is -2.29. The highest BCUT2D eigenvalue weighted by Crippen LogP contribution is 2.48. The van der Waals surface area contributed by atoms with E-state index in [1.54, 1.807) is 0 Å². The maximum Gasteiger partial charge on any atom is 0.0540 e. The third-order valence-corrected chi connectivity index (χ3v) is 13.1. The van der Waals surface area contributed by atoms with Gasteiger partial charge in [-0.05, 0) is 140 Å². The first-order valence-corrected chi connectivity index (χ1v) is 22.2. The second kappa shape index (κ2) is 15.3. The smallest absolute Gasteiger partial charge is 0.0540 e. The maximum absolute atomic E-state index is 2.43. The van der Waals surface area contributed by atoms with Crippen LogP contribution in [0.25, 0.3) is 76.1 Å². The van der Waals surface area contributed by atoms with Crippen LogP contribution in [-0.2, 0) is 0 Å². The Bertz CT molecular complexity index is 3400. The van der Waals surface area contributed by atoms with E-state index in [1.165, 1.54) is 87.2 Å². The second-order valence-electron chi connectivity index (χ2n) is 17.1. The fraction of sp³-hybridized carbons (Fsp3) is 0.0323. The van der Waals surface area contributed by atoms with Gasteiger partial charge in [-0.2, -0.15) is 0 Å². The molecule has 0 aliphatic rings. The van der Waals surface area contributed by atoms with Gasteiger partial charge in [0.05, 0.1) is 11.4 Å². The lowest BCUT2D eigenvalue weighted by atomic mass is 9.91. The average Bonchev–Trinajstić information content (AvgIpc) is 3.35. The predicted octanol–water partition coefficient (Wildman–Crippen LogP) is 17.8. The predicted molar refractivity (Wildman–Crippen MR) is 275 cm³/mol. The summed E-state index contributed by atoms with van der Waals surface area (Å²) in [5.74, 6) is 0. The number of hydrogen-bond acceptors (Lipinski definition) is 2. The van der Waals surface area contributed by atoms with Crippen LogP contribution in [0.3, 0.4) is 0 Å². The van der Waals surface area contributed by atoms with Crippen molar-refractivity contribution in [3.63, 3.8) is 0 Å². The molecule has 0 N–H and O–H groups in total. The minimum Gasteiger partial charge on any atom is -0.310 e. The minimum absolute atomic E-state index is 1.11. The molecule has 2 heteroatoms. The Morgan fingerprint density at radius 1 is 0.250 bits per heavy atom. The van der Waals surface area contributed by atoms with Crippen molar-refractivity contribution in [1.82, 2.24) is 0 Å². The number of fused-ring (bicyclic) bond motifs is 2. The van der Waals surface area contributed by atoms with Gasteiger partial charge in [0.2, 0.25) is 0 Å². The van der Waals surface area contributed by atoms with Crippen LogP contribution in [0.5, 0.6) is 0 Å². The van der Waals surface area contributed by atoms with E-state index in [-0.39, 0.29) is 0 Å². The van der Waals surface area contributed by atoms with Crippen molar-refractivity contribution in [1.29, 1.82) is 0 Å². The molecule has 0 atom stereocenters. The fourth-order valence-electron chi connectivity index (χ4n) is 9.94. The summed E-state index contributed by atoms with van der Waals surface area (Å²) in [6.07, 6.45) is 0. The van der Waals surface area contributed by atoms with Gasteiger partial charge < -0.3 is 9.80 Å². The molecule has 12 rings (SSSR count). The number of rotatable bonds is 8. The molecule has 0 aliphatic carbocycles. The van der Waals surface area contributed by atoms with Crippen molar-refractivity contribution in [2.75, 3.05) is 9.80 Å². The van der Waals surface area contributed by atoms with E-state index in [0.717, 1.165) is 34.1 Å². The van der Waals surface area contributed by atoms with E-state index >= 15 is 0 Å². The highest BCUT2D eigenvalue weighted by molar-refractivity contribution is 6.28. The van der Waals surface area contributed by atoms with Gasteiger partial charge in [-0.1, -0.05) is 181 Å². The molecule has 0 bridgehead atoms. The third kappa shape index (κ3) is 6.34. The molecule has 0 spiro atoms. The molecule has 2 nitrogen and oxygen atoms in total. The minimum atomic E-state index is 1.11. The van der Waals surface area contributed by atoms with E-state index in [9.17, 15) is 0 Å². The zero-order valence-electron chi connectivity index (χ0n) is 35.8. The fourth-order valence-corrected chi connectivity index (χ4v) is 9.94. The standard InChI is InChI=1S/C62H44N2/c1-41-17-29-49(30-18-41)63(51-33-21-45(22-34-51)55-15-7-11-43-9-3-5-13-53(43)55)59-39-27-47-26-38-58-60(40-28-48-25-37-57(59)61(47)62(48)58)64(50-31-19-42(2)20-32-50)52-35-23-46(24-36-52)56-16-8-12-44-10-4-6-14-54(44)56/h3-40H,1-2H3. The van der Waals surface area contributed by atoms with Gasteiger partial charge in [-0.15, -0.1) is 0 Å². The van der Waals surface area contributed by atoms with Gasteiger partial charge >= 0.3 is 0 Å². The largest absolute Gasteiger partial charge is 0.310 e. The zero-order valence-corrected chi connectivity index (χ0v) is 35.8. The summed E-state index contributed by atoms with van der Waals surface area (Å²) in [4.78, 5) is 4.85. The summed E-state index contributed by atoms with van der Waals surface area (Å²) in [5, 5.41) is 12.5. The van der Waals surface area contributed by atoms with Crippen LogP contribution in [0.2, 0.25) is 0 Å². The summed E-state index contributed by atoms with van der Waals surface area (Å²) < 4.78 is 0. The quantitative estimate of drug-likeness (QED) is 0.141. The molecule has 0 heterocycles. The summed E-state index contributed by atoms with van der Waals surface area (Å²) in [5.41, 5.74) is 14.1. The van der Waals surface area contributed by atoms with Crippen LogP contribution in [0, 0.1) is 13.8 Å². The molecule has 0 saturated heterocycles. The van der Waals surface area contributed by atoms with Crippen molar-refractivity contribution in [2.24, 2.45) is 0 Å². The molecular weight excluding hydrogens is 773 g/mol. The van der Waals surface area contributed by atoms with Crippen molar-refractivity contribution in [3.05, 3.63) is 242 Å². The maximum atomic E-state index is 2.43. The second-order valence-corrected chi connectivity index (χ2v) is 17.1. The topological polar surface area (TPSA) is 6.48 Å². The van der Waals surface area contributed by atoms with Crippen LogP contribution in [0.1, 0.15) is 11.1 Å². The highest BCUT2D eigenvalue weighted by Gasteiger charge is 2.22. The summed E-state index contributed by atoms with van der Waals surface area (Å²) in [7, 11) is 0. The molecule has 0 amide bonds. The van der Waals surface area contributed by atoms with Crippen LogP contribution in [0.15, 0.2) is 231 Å². The Hall–Kier alpha value is -8.20. The van der Waals surface area contributed by atoms with Crippen LogP contribution in [-0.4, -0.2) is 0 Å².